The summed E-state index contributed by atoms with van der Waals surface area (Å²) in [6.45, 7) is 0. The summed E-state index contributed by atoms with van der Waals surface area (Å²) in [6, 6.07) is 5.81. The molecule has 3 nitrogen and oxygen atoms in total. The molecule has 1 aromatic carbocycles. The molecule has 2 aromatic rings. The van der Waals surface area contributed by atoms with Crippen LogP contribution in [0.25, 0.3) is 10.2 Å². The first kappa shape index (κ1) is 8.65. The largest absolute Gasteiger partial charge is 0.305 e. The van der Waals surface area contributed by atoms with Crippen molar-refractivity contribution in [3.8, 4) is 0 Å². The Kier molecular flexibility index (Phi) is 2.28. The van der Waals surface area contributed by atoms with Crippen molar-refractivity contribution in [1.82, 2.24) is 4.98 Å². The van der Waals surface area contributed by atoms with E-state index >= 15 is 0 Å². The van der Waals surface area contributed by atoms with Crippen molar-refractivity contribution in [1.29, 1.82) is 0 Å². The molecule has 0 saturated heterocycles. The van der Waals surface area contributed by atoms with Gasteiger partial charge in [-0.05, 0) is 18.2 Å². The fraction of sp³-hybridized carbons (Fsp3) is 0. The maximum atomic E-state index is 10.2. The standard InChI is InChI=1S/C8H5BrN2OS/c9-5-1-2-6-7(3-5)13-8(11-6)10-4-12/h1-4H,(H,10,11,12). The van der Waals surface area contributed by atoms with Crippen molar-refractivity contribution in [2.75, 3.05) is 5.32 Å². The van der Waals surface area contributed by atoms with Crippen molar-refractivity contribution in [2.45, 2.75) is 0 Å². The monoisotopic (exact) mass is 256 g/mol. The van der Waals surface area contributed by atoms with Crippen molar-refractivity contribution in [3.05, 3.63) is 22.7 Å². The molecular formula is C8H5BrN2OS. The number of amides is 1. The van der Waals surface area contributed by atoms with Crippen LogP contribution in [-0.4, -0.2) is 11.4 Å². The van der Waals surface area contributed by atoms with Crippen LogP contribution < -0.4 is 5.32 Å². The highest BCUT2D eigenvalue weighted by Crippen LogP contribution is 2.27. The minimum atomic E-state index is 0.628. The molecule has 13 heavy (non-hydrogen) atoms. The van der Waals surface area contributed by atoms with Gasteiger partial charge in [-0.2, -0.15) is 0 Å². The molecular weight excluding hydrogens is 252 g/mol. The number of nitrogens with one attached hydrogen (secondary N) is 1. The molecule has 0 spiro atoms. The lowest BCUT2D eigenvalue weighted by Gasteiger charge is -1.86. The summed E-state index contributed by atoms with van der Waals surface area (Å²) < 4.78 is 2.07. The molecule has 0 saturated carbocycles. The van der Waals surface area contributed by atoms with Gasteiger partial charge in [-0.3, -0.25) is 4.79 Å². The lowest BCUT2D eigenvalue weighted by atomic mass is 10.3. The highest BCUT2D eigenvalue weighted by atomic mass is 79.9. The zero-order valence-electron chi connectivity index (χ0n) is 6.45. The summed E-state index contributed by atoms with van der Waals surface area (Å²) >= 11 is 4.82. The number of fused-ring (bicyclic) bond motifs is 1. The maximum Gasteiger partial charge on any atom is 0.213 e. The Hall–Kier alpha value is -0.940. The van der Waals surface area contributed by atoms with Gasteiger partial charge in [0, 0.05) is 4.47 Å². The van der Waals surface area contributed by atoms with Gasteiger partial charge in [0.25, 0.3) is 0 Å². The number of aromatic nitrogens is 1. The molecule has 5 heteroatoms. The minimum Gasteiger partial charge on any atom is -0.305 e. The van der Waals surface area contributed by atoms with Crippen LogP contribution in [0.4, 0.5) is 5.13 Å². The number of hydrogen-bond acceptors (Lipinski definition) is 3. The van der Waals surface area contributed by atoms with E-state index in [1.54, 1.807) is 0 Å². The molecule has 66 valence electrons. The van der Waals surface area contributed by atoms with Gasteiger partial charge >= 0.3 is 0 Å². The molecule has 1 heterocycles. The fourth-order valence-corrected chi connectivity index (χ4v) is 2.39. The normalized spacial score (nSPS) is 10.2. The zero-order chi connectivity index (χ0) is 9.26. The molecule has 0 bridgehead atoms. The first-order valence-corrected chi connectivity index (χ1v) is 5.17. The van der Waals surface area contributed by atoms with Gasteiger partial charge < -0.3 is 5.32 Å². The van der Waals surface area contributed by atoms with Gasteiger partial charge in [0.15, 0.2) is 5.13 Å². The fourth-order valence-electron chi connectivity index (χ4n) is 1.01. The van der Waals surface area contributed by atoms with Crippen molar-refractivity contribution < 1.29 is 4.79 Å². The molecule has 0 aliphatic carbocycles. The van der Waals surface area contributed by atoms with Gasteiger partial charge in [-0.1, -0.05) is 27.3 Å². The van der Waals surface area contributed by atoms with Crippen LogP contribution in [0, 0.1) is 0 Å². The Morgan fingerprint density at radius 2 is 2.38 bits per heavy atom. The van der Waals surface area contributed by atoms with Crippen LogP contribution in [0.15, 0.2) is 22.7 Å². The summed E-state index contributed by atoms with van der Waals surface area (Å²) in [7, 11) is 0. The topological polar surface area (TPSA) is 42.0 Å². The van der Waals surface area contributed by atoms with E-state index in [1.807, 2.05) is 18.2 Å². The second-order valence-electron chi connectivity index (χ2n) is 2.39. The third kappa shape index (κ3) is 1.71. The van der Waals surface area contributed by atoms with E-state index in [2.05, 4.69) is 26.2 Å². The Balaban J connectivity index is 2.55. The number of thiazole rings is 1. The first-order chi connectivity index (χ1) is 6.29. The smallest absolute Gasteiger partial charge is 0.213 e. The third-order valence-electron chi connectivity index (χ3n) is 1.53. The van der Waals surface area contributed by atoms with E-state index in [4.69, 9.17) is 0 Å². The maximum absolute atomic E-state index is 10.2. The molecule has 0 unspecified atom stereocenters. The summed E-state index contributed by atoms with van der Waals surface area (Å²) in [5, 5.41) is 3.16. The Bertz CT molecular complexity index is 454. The summed E-state index contributed by atoms with van der Waals surface area (Å²) in [4.78, 5) is 14.4. The number of nitrogens with zero attached hydrogens (tertiary/aromatic N) is 1. The van der Waals surface area contributed by atoms with Crippen LogP contribution in [0.3, 0.4) is 0 Å². The summed E-state index contributed by atoms with van der Waals surface area (Å²) in [6.07, 6.45) is 0.632. The first-order valence-electron chi connectivity index (χ1n) is 3.56. The van der Waals surface area contributed by atoms with Crippen LogP contribution in [0.2, 0.25) is 0 Å². The van der Waals surface area contributed by atoms with Crippen LogP contribution in [0.1, 0.15) is 0 Å². The SMILES string of the molecule is O=CNc1nc2ccc(Br)cc2s1. The lowest BCUT2D eigenvalue weighted by molar-refractivity contribution is -0.105. The van der Waals surface area contributed by atoms with Crippen LogP contribution in [0.5, 0.6) is 0 Å². The molecule has 0 radical (unpaired) electrons. The molecule has 1 amide bonds. The van der Waals surface area contributed by atoms with Crippen molar-refractivity contribution in [2.24, 2.45) is 0 Å². The molecule has 0 atom stereocenters. The molecule has 1 aromatic heterocycles. The number of rotatable bonds is 2. The second kappa shape index (κ2) is 3.43. The highest BCUT2D eigenvalue weighted by molar-refractivity contribution is 9.10. The molecule has 0 fully saturated rings. The van der Waals surface area contributed by atoms with Gasteiger partial charge in [0.05, 0.1) is 10.2 Å². The molecule has 2 rings (SSSR count). The average molecular weight is 257 g/mol. The van der Waals surface area contributed by atoms with E-state index in [0.29, 0.717) is 11.5 Å². The predicted molar refractivity (Wildman–Crippen MR) is 57.0 cm³/mol. The Labute approximate surface area is 86.9 Å². The molecule has 0 aliphatic rings. The van der Waals surface area contributed by atoms with Gasteiger partial charge in [0.2, 0.25) is 6.41 Å². The van der Waals surface area contributed by atoms with Gasteiger partial charge in [0.1, 0.15) is 0 Å². The summed E-state index contributed by atoms with van der Waals surface area (Å²) in [5.74, 6) is 0. The Morgan fingerprint density at radius 3 is 3.15 bits per heavy atom. The number of carbonyl (C=O) groups is 1. The zero-order valence-corrected chi connectivity index (χ0v) is 8.85. The third-order valence-corrected chi connectivity index (χ3v) is 2.98. The van der Waals surface area contributed by atoms with Gasteiger partial charge in [-0.15, -0.1) is 0 Å². The summed E-state index contributed by atoms with van der Waals surface area (Å²) in [5.41, 5.74) is 0.901. The minimum absolute atomic E-state index is 0.628. The van der Waals surface area contributed by atoms with E-state index in [9.17, 15) is 4.79 Å². The quantitative estimate of drug-likeness (QED) is 0.840. The van der Waals surface area contributed by atoms with E-state index < -0.39 is 0 Å². The van der Waals surface area contributed by atoms with Crippen LogP contribution in [-0.2, 0) is 4.79 Å². The number of carbonyl (C=O) groups excluding carboxylic acids is 1. The lowest BCUT2D eigenvalue weighted by Crippen LogP contribution is -1.91. The highest BCUT2D eigenvalue weighted by Gasteiger charge is 2.02. The Morgan fingerprint density at radius 1 is 1.54 bits per heavy atom. The van der Waals surface area contributed by atoms with E-state index in [-0.39, 0.29) is 0 Å². The predicted octanol–water partition coefficient (Wildman–Crippen LogP) is 2.63. The van der Waals surface area contributed by atoms with Gasteiger partial charge in [-0.25, -0.2) is 4.98 Å². The van der Waals surface area contributed by atoms with E-state index in [1.165, 1.54) is 11.3 Å². The van der Waals surface area contributed by atoms with Crippen molar-refractivity contribution >= 4 is 49.0 Å². The number of anilines is 1. The average Bonchev–Trinajstić information content (AvgIpc) is 2.46. The number of halogens is 1. The number of hydrogen-bond donors (Lipinski definition) is 1. The number of benzene rings is 1. The molecule has 1 N–H and O–H groups in total. The second-order valence-corrected chi connectivity index (χ2v) is 4.34. The van der Waals surface area contributed by atoms with Crippen LogP contribution >= 0.6 is 27.3 Å². The van der Waals surface area contributed by atoms with E-state index in [0.717, 1.165) is 14.7 Å². The van der Waals surface area contributed by atoms with Crippen molar-refractivity contribution in [3.63, 3.8) is 0 Å². The molecule has 0 aliphatic heterocycles.